The first-order valence-corrected chi connectivity index (χ1v) is 9.51. The number of carbonyl (C=O) groups is 1. The first kappa shape index (κ1) is 17.6. The van der Waals surface area contributed by atoms with Crippen molar-refractivity contribution in [2.75, 3.05) is 0 Å². The maximum absolute atomic E-state index is 12.9. The molecule has 5 nitrogen and oxygen atoms in total. The summed E-state index contributed by atoms with van der Waals surface area (Å²) < 4.78 is 1.98. The number of nitrogens with zero attached hydrogens (tertiary/aromatic N) is 2. The van der Waals surface area contributed by atoms with E-state index in [0.29, 0.717) is 17.8 Å². The van der Waals surface area contributed by atoms with Crippen LogP contribution in [-0.2, 0) is 12.8 Å². The van der Waals surface area contributed by atoms with Gasteiger partial charge >= 0.3 is 0 Å². The molecule has 2 aromatic rings. The summed E-state index contributed by atoms with van der Waals surface area (Å²) in [5.74, 6) is 0.0131. The van der Waals surface area contributed by atoms with Gasteiger partial charge in [-0.05, 0) is 57.1 Å². The lowest BCUT2D eigenvalue weighted by Gasteiger charge is -2.29. The molecule has 0 radical (unpaired) electrons. The second kappa shape index (κ2) is 7.05. The van der Waals surface area contributed by atoms with E-state index in [2.05, 4.69) is 22.8 Å². The van der Waals surface area contributed by atoms with Gasteiger partial charge < -0.3 is 10.6 Å². The molecule has 0 spiro atoms. The van der Waals surface area contributed by atoms with Crippen LogP contribution in [0.4, 0.5) is 0 Å². The Labute approximate surface area is 160 Å². The Morgan fingerprint density at radius 1 is 1.12 bits per heavy atom. The van der Waals surface area contributed by atoms with Gasteiger partial charge in [-0.2, -0.15) is 5.10 Å². The number of aromatic nitrogens is 2. The number of hydrogen-bond donors (Lipinski definition) is 2. The summed E-state index contributed by atoms with van der Waals surface area (Å²) in [6, 6.07) is 11.6. The van der Waals surface area contributed by atoms with Gasteiger partial charge in [0.25, 0.3) is 5.91 Å². The number of para-hydroxylation sites is 1. The van der Waals surface area contributed by atoms with Gasteiger partial charge in [0.1, 0.15) is 0 Å². The van der Waals surface area contributed by atoms with E-state index in [1.807, 2.05) is 22.9 Å². The molecule has 5 rings (SSSR count). The number of benzene rings is 1. The van der Waals surface area contributed by atoms with Crippen molar-refractivity contribution in [3.63, 3.8) is 0 Å². The minimum absolute atomic E-state index is 0. The molecule has 2 fully saturated rings. The highest BCUT2D eigenvalue weighted by Gasteiger charge is 2.35. The lowest BCUT2D eigenvalue weighted by molar-refractivity contribution is 0.0917. The zero-order valence-corrected chi connectivity index (χ0v) is 15.6. The minimum Gasteiger partial charge on any atom is -0.348 e. The molecule has 1 aromatic heterocycles. The predicted molar refractivity (Wildman–Crippen MR) is 103 cm³/mol. The van der Waals surface area contributed by atoms with Crippen molar-refractivity contribution in [3.8, 4) is 5.69 Å². The second-order valence-electron chi connectivity index (χ2n) is 7.65. The van der Waals surface area contributed by atoms with Crippen molar-refractivity contribution < 1.29 is 4.79 Å². The standard InChI is InChI=1S/C20H24N4O.ClH/c25-20(22-15-11-13-9-10-14(12-15)21-13)19-17-7-4-8-18(17)24(23-19)16-5-2-1-3-6-16;/h1-3,5-6,13-15,21H,4,7-12H2,(H,22,25);1H. The number of hydrogen-bond acceptors (Lipinski definition) is 3. The van der Waals surface area contributed by atoms with Crippen LogP contribution in [0.5, 0.6) is 0 Å². The van der Waals surface area contributed by atoms with E-state index in [-0.39, 0.29) is 24.4 Å². The molecule has 138 valence electrons. The lowest BCUT2D eigenvalue weighted by Crippen LogP contribution is -2.48. The molecule has 2 bridgehead atoms. The summed E-state index contributed by atoms with van der Waals surface area (Å²) in [6.07, 6.45) is 7.65. The van der Waals surface area contributed by atoms with Crippen molar-refractivity contribution in [1.29, 1.82) is 0 Å². The molecule has 1 aliphatic carbocycles. The number of amides is 1. The molecule has 2 aliphatic heterocycles. The second-order valence-corrected chi connectivity index (χ2v) is 7.65. The van der Waals surface area contributed by atoms with Crippen LogP contribution in [0, 0.1) is 0 Å². The minimum atomic E-state index is 0. The molecule has 0 saturated carbocycles. The molecule has 2 unspecified atom stereocenters. The summed E-state index contributed by atoms with van der Waals surface area (Å²) in [4.78, 5) is 12.9. The average Bonchev–Trinajstić information content (AvgIpc) is 3.31. The quantitative estimate of drug-likeness (QED) is 0.871. The molecule has 1 aromatic carbocycles. The summed E-state index contributed by atoms with van der Waals surface area (Å²) in [5, 5.41) is 11.6. The predicted octanol–water partition coefficient (Wildman–Crippen LogP) is 2.80. The highest BCUT2D eigenvalue weighted by molar-refractivity contribution is 5.94. The monoisotopic (exact) mass is 372 g/mol. The maximum Gasteiger partial charge on any atom is 0.272 e. The van der Waals surface area contributed by atoms with Crippen LogP contribution >= 0.6 is 12.4 Å². The molecule has 2 atom stereocenters. The van der Waals surface area contributed by atoms with Crippen molar-refractivity contribution in [2.45, 2.75) is 63.1 Å². The average molecular weight is 373 g/mol. The third-order valence-corrected chi connectivity index (χ3v) is 5.95. The number of rotatable bonds is 3. The van der Waals surface area contributed by atoms with Crippen LogP contribution < -0.4 is 10.6 Å². The van der Waals surface area contributed by atoms with Crippen LogP contribution in [0.1, 0.15) is 53.8 Å². The van der Waals surface area contributed by atoms with E-state index < -0.39 is 0 Å². The Balaban J connectivity index is 0.00000168. The van der Waals surface area contributed by atoms with Crippen LogP contribution in [0.15, 0.2) is 30.3 Å². The zero-order chi connectivity index (χ0) is 16.8. The Bertz CT molecular complexity index is 792. The third-order valence-electron chi connectivity index (χ3n) is 5.95. The van der Waals surface area contributed by atoms with Crippen LogP contribution in [0.25, 0.3) is 5.69 Å². The van der Waals surface area contributed by atoms with Gasteiger partial charge in [-0.25, -0.2) is 4.68 Å². The number of fused-ring (bicyclic) bond motifs is 3. The highest BCUT2D eigenvalue weighted by Crippen LogP contribution is 2.29. The fourth-order valence-corrected chi connectivity index (χ4v) is 4.83. The van der Waals surface area contributed by atoms with Crippen molar-refractivity contribution in [3.05, 3.63) is 47.3 Å². The van der Waals surface area contributed by atoms with Gasteiger partial charge in [-0.15, -0.1) is 12.4 Å². The molecule has 3 aliphatic rings. The summed E-state index contributed by atoms with van der Waals surface area (Å²) >= 11 is 0. The fraction of sp³-hybridized carbons (Fsp3) is 0.500. The normalized spacial score (nSPS) is 26.2. The van der Waals surface area contributed by atoms with Crippen LogP contribution in [0.3, 0.4) is 0 Å². The van der Waals surface area contributed by atoms with Crippen molar-refractivity contribution >= 4 is 18.3 Å². The third kappa shape index (κ3) is 3.03. The summed E-state index contributed by atoms with van der Waals surface area (Å²) in [5.41, 5.74) is 4.04. The van der Waals surface area contributed by atoms with Gasteiger partial charge in [0, 0.05) is 29.4 Å². The topological polar surface area (TPSA) is 59.0 Å². The highest BCUT2D eigenvalue weighted by atomic mass is 35.5. The van der Waals surface area contributed by atoms with E-state index >= 15 is 0 Å². The van der Waals surface area contributed by atoms with Gasteiger partial charge in [0.2, 0.25) is 0 Å². The molecule has 26 heavy (non-hydrogen) atoms. The Morgan fingerprint density at radius 2 is 1.85 bits per heavy atom. The SMILES string of the molecule is Cl.O=C(NC1CC2CCC(C1)N2)c1nn(-c2ccccc2)c2c1CCC2. The molecular formula is C20H25ClN4O. The number of halogens is 1. The van der Waals surface area contributed by atoms with Crippen molar-refractivity contribution in [2.24, 2.45) is 0 Å². The molecule has 1 amide bonds. The van der Waals surface area contributed by atoms with E-state index in [1.165, 1.54) is 18.5 Å². The van der Waals surface area contributed by atoms with Crippen LogP contribution in [-0.4, -0.2) is 33.8 Å². The van der Waals surface area contributed by atoms with E-state index in [9.17, 15) is 4.79 Å². The number of nitrogens with one attached hydrogen (secondary N) is 2. The Morgan fingerprint density at radius 3 is 2.58 bits per heavy atom. The molecule has 2 saturated heterocycles. The molecule has 3 heterocycles. The maximum atomic E-state index is 12.9. The van der Waals surface area contributed by atoms with Gasteiger partial charge in [0.05, 0.1) is 5.69 Å². The summed E-state index contributed by atoms with van der Waals surface area (Å²) in [7, 11) is 0. The van der Waals surface area contributed by atoms with Gasteiger partial charge in [0.15, 0.2) is 5.69 Å². The largest absolute Gasteiger partial charge is 0.348 e. The first-order valence-electron chi connectivity index (χ1n) is 9.51. The molecular weight excluding hydrogens is 348 g/mol. The van der Waals surface area contributed by atoms with E-state index in [1.54, 1.807) is 0 Å². The number of piperidine rings is 1. The Kier molecular flexibility index (Phi) is 4.76. The lowest BCUT2D eigenvalue weighted by atomic mass is 9.99. The van der Waals surface area contributed by atoms with Crippen LogP contribution in [0.2, 0.25) is 0 Å². The summed E-state index contributed by atoms with van der Waals surface area (Å²) in [6.45, 7) is 0. The molecule has 6 heteroatoms. The molecule has 2 N–H and O–H groups in total. The Hall–Kier alpha value is -1.85. The first-order chi connectivity index (χ1) is 12.3. The van der Waals surface area contributed by atoms with E-state index in [4.69, 9.17) is 5.10 Å². The zero-order valence-electron chi connectivity index (χ0n) is 14.8. The van der Waals surface area contributed by atoms with Gasteiger partial charge in [-0.3, -0.25) is 4.79 Å². The number of carbonyl (C=O) groups excluding carboxylic acids is 1. The van der Waals surface area contributed by atoms with Crippen molar-refractivity contribution in [1.82, 2.24) is 20.4 Å². The van der Waals surface area contributed by atoms with Gasteiger partial charge in [-0.1, -0.05) is 18.2 Å². The fourth-order valence-electron chi connectivity index (χ4n) is 4.83. The van der Waals surface area contributed by atoms with E-state index in [0.717, 1.165) is 43.4 Å². The smallest absolute Gasteiger partial charge is 0.272 e.